The van der Waals surface area contributed by atoms with Crippen molar-refractivity contribution in [3.63, 3.8) is 0 Å². The molecule has 1 radical (unpaired) electrons. The second-order valence-electron chi connectivity index (χ2n) is 2.62. The molecule has 1 aromatic rings. The van der Waals surface area contributed by atoms with Crippen molar-refractivity contribution >= 4 is 26.4 Å². The minimum atomic E-state index is 0.890. The van der Waals surface area contributed by atoms with Crippen LogP contribution in [0.1, 0.15) is 0 Å². The molecule has 0 amide bonds. The maximum absolute atomic E-state index is 4.35. The molecule has 0 aromatic heterocycles. The molecule has 12 heavy (non-hydrogen) atoms. The zero-order valence-corrected chi connectivity index (χ0v) is 8.90. The van der Waals surface area contributed by atoms with Gasteiger partial charge in [0.25, 0.3) is 0 Å². The Morgan fingerprint density at radius 1 is 1.25 bits per heavy atom. The molecule has 63 valence electrons. The quantitative estimate of drug-likeness (QED) is 0.401. The number of rotatable bonds is 1. The average molecular weight is 226 g/mol. The molecule has 0 saturated heterocycles. The van der Waals surface area contributed by atoms with Gasteiger partial charge in [-0.25, -0.2) is 0 Å². The van der Waals surface area contributed by atoms with Gasteiger partial charge in [-0.3, -0.25) is 0 Å². The van der Waals surface area contributed by atoms with E-state index in [0.717, 1.165) is 10.4 Å². The first-order valence-corrected chi connectivity index (χ1v) is 4.54. The van der Waals surface area contributed by atoms with E-state index >= 15 is 0 Å². The molecule has 0 aliphatic rings. The molecule has 0 aliphatic heterocycles. The second kappa shape index (κ2) is 4.29. The fraction of sp³-hybridized carbons (Fsp3) is 0.222. The number of benzene rings is 1. The Kier molecular flexibility index (Phi) is 3.32. The first kappa shape index (κ1) is 9.30. The molecule has 0 atom stereocenters. The SMILES string of the molecule is CN(C)C([Se])=Nc1ccccc1. The van der Waals surface area contributed by atoms with Crippen LogP contribution in [0.15, 0.2) is 35.3 Å². The third-order valence-electron chi connectivity index (χ3n) is 1.36. The van der Waals surface area contributed by atoms with Crippen molar-refractivity contribution in [1.29, 1.82) is 0 Å². The van der Waals surface area contributed by atoms with E-state index in [1.54, 1.807) is 0 Å². The molecule has 0 fully saturated rings. The van der Waals surface area contributed by atoms with Gasteiger partial charge >= 0.3 is 80.8 Å². The molecule has 0 unspecified atom stereocenters. The minimum absolute atomic E-state index is 0.890. The van der Waals surface area contributed by atoms with E-state index in [9.17, 15) is 0 Å². The van der Waals surface area contributed by atoms with Crippen LogP contribution in [0.3, 0.4) is 0 Å². The standard InChI is InChI=1S/C9H11N2Se/c1-11(2)9(12)10-8-6-4-3-5-7-8/h3-7H,1-2H3. The normalized spacial score (nSPS) is 11.3. The summed E-state index contributed by atoms with van der Waals surface area (Å²) < 4.78 is 0.890. The molecule has 0 spiro atoms. The monoisotopic (exact) mass is 227 g/mol. The Morgan fingerprint density at radius 3 is 2.33 bits per heavy atom. The zero-order valence-electron chi connectivity index (χ0n) is 7.19. The molecule has 0 aliphatic carbocycles. The van der Waals surface area contributed by atoms with Crippen LogP contribution in [-0.2, 0) is 0 Å². The van der Waals surface area contributed by atoms with E-state index in [4.69, 9.17) is 0 Å². The summed E-state index contributed by atoms with van der Waals surface area (Å²) in [6.07, 6.45) is 0. The average Bonchev–Trinajstić information content (AvgIpc) is 2.06. The van der Waals surface area contributed by atoms with Gasteiger partial charge in [0, 0.05) is 0 Å². The number of aliphatic imine (C=N–C) groups is 1. The van der Waals surface area contributed by atoms with Crippen molar-refractivity contribution in [1.82, 2.24) is 4.90 Å². The van der Waals surface area contributed by atoms with Crippen LogP contribution in [-0.4, -0.2) is 39.7 Å². The topological polar surface area (TPSA) is 15.6 Å². The Hall–Kier alpha value is -0.791. The summed E-state index contributed by atoms with van der Waals surface area (Å²) >= 11 is 2.90. The molecule has 0 heterocycles. The van der Waals surface area contributed by atoms with Gasteiger partial charge in [-0.05, 0) is 0 Å². The van der Waals surface area contributed by atoms with Crippen molar-refractivity contribution in [2.45, 2.75) is 0 Å². The Balaban J connectivity index is 2.81. The van der Waals surface area contributed by atoms with E-state index in [2.05, 4.69) is 21.0 Å². The van der Waals surface area contributed by atoms with E-state index < -0.39 is 0 Å². The van der Waals surface area contributed by atoms with Gasteiger partial charge in [0.2, 0.25) is 0 Å². The fourth-order valence-corrected chi connectivity index (χ4v) is 0.934. The van der Waals surface area contributed by atoms with Crippen LogP contribution in [0.2, 0.25) is 0 Å². The molecule has 1 aromatic carbocycles. The number of para-hydroxylation sites is 1. The van der Waals surface area contributed by atoms with Crippen LogP contribution >= 0.6 is 0 Å². The van der Waals surface area contributed by atoms with Crippen LogP contribution in [0, 0.1) is 0 Å². The summed E-state index contributed by atoms with van der Waals surface area (Å²) in [6.45, 7) is 0. The third kappa shape index (κ3) is 2.68. The molecule has 0 bridgehead atoms. The second-order valence-corrected chi connectivity index (χ2v) is 3.39. The van der Waals surface area contributed by atoms with Crippen molar-refractivity contribution in [2.75, 3.05) is 14.1 Å². The van der Waals surface area contributed by atoms with Crippen molar-refractivity contribution in [3.05, 3.63) is 30.3 Å². The summed E-state index contributed by atoms with van der Waals surface area (Å²) in [7, 11) is 3.91. The molecule has 2 nitrogen and oxygen atoms in total. The van der Waals surface area contributed by atoms with Gasteiger partial charge in [-0.2, -0.15) is 0 Å². The first-order valence-electron chi connectivity index (χ1n) is 3.68. The fourth-order valence-electron chi connectivity index (χ4n) is 0.713. The molecular weight excluding hydrogens is 215 g/mol. The van der Waals surface area contributed by atoms with Gasteiger partial charge in [-0.1, -0.05) is 0 Å². The first-order chi connectivity index (χ1) is 5.70. The summed E-state index contributed by atoms with van der Waals surface area (Å²) in [5, 5.41) is 0. The molecule has 3 heteroatoms. The van der Waals surface area contributed by atoms with Crippen LogP contribution < -0.4 is 0 Å². The van der Waals surface area contributed by atoms with Gasteiger partial charge in [0.15, 0.2) is 0 Å². The third-order valence-corrected chi connectivity index (χ3v) is 2.32. The Morgan fingerprint density at radius 2 is 1.83 bits per heavy atom. The van der Waals surface area contributed by atoms with E-state index in [0.29, 0.717) is 0 Å². The van der Waals surface area contributed by atoms with Crippen LogP contribution in [0.4, 0.5) is 5.69 Å². The van der Waals surface area contributed by atoms with Crippen LogP contribution in [0.5, 0.6) is 0 Å². The summed E-state index contributed by atoms with van der Waals surface area (Å²) in [4.78, 5) is 6.28. The predicted molar refractivity (Wildman–Crippen MR) is 53.0 cm³/mol. The van der Waals surface area contributed by atoms with E-state index in [1.807, 2.05) is 49.3 Å². The van der Waals surface area contributed by atoms with E-state index in [-0.39, 0.29) is 0 Å². The van der Waals surface area contributed by atoms with Gasteiger partial charge in [0.05, 0.1) is 0 Å². The number of nitrogens with zero attached hydrogens (tertiary/aromatic N) is 2. The van der Waals surface area contributed by atoms with Gasteiger partial charge in [0.1, 0.15) is 0 Å². The predicted octanol–water partition coefficient (Wildman–Crippen LogP) is 1.40. The summed E-state index contributed by atoms with van der Waals surface area (Å²) in [5.74, 6) is 0. The molecular formula is C9H11N2Se. The number of hydrogen-bond donors (Lipinski definition) is 0. The van der Waals surface area contributed by atoms with Gasteiger partial charge < -0.3 is 0 Å². The molecule has 0 N–H and O–H groups in total. The van der Waals surface area contributed by atoms with Gasteiger partial charge in [-0.15, -0.1) is 0 Å². The molecule has 0 saturated carbocycles. The van der Waals surface area contributed by atoms with Crippen molar-refractivity contribution in [2.24, 2.45) is 4.99 Å². The maximum atomic E-state index is 4.35. The zero-order chi connectivity index (χ0) is 8.97. The van der Waals surface area contributed by atoms with E-state index in [1.165, 1.54) is 0 Å². The Bertz CT molecular complexity index is 267. The van der Waals surface area contributed by atoms with Crippen molar-refractivity contribution < 1.29 is 0 Å². The number of amidine groups is 1. The van der Waals surface area contributed by atoms with Crippen molar-refractivity contribution in [3.8, 4) is 0 Å². The van der Waals surface area contributed by atoms with Crippen LogP contribution in [0.25, 0.3) is 0 Å². The summed E-state index contributed by atoms with van der Waals surface area (Å²) in [5.41, 5.74) is 0.972. The molecule has 1 rings (SSSR count). The summed E-state index contributed by atoms with van der Waals surface area (Å²) in [6, 6.07) is 9.87. The Labute approximate surface area is 81.1 Å². The number of hydrogen-bond acceptors (Lipinski definition) is 1.